The zero-order valence-corrected chi connectivity index (χ0v) is 17.1. The Labute approximate surface area is 175 Å². The zero-order valence-electron chi connectivity index (χ0n) is 17.1. The topological polar surface area (TPSA) is 77.8 Å². The van der Waals surface area contributed by atoms with Crippen LogP contribution in [0.3, 0.4) is 0 Å². The van der Waals surface area contributed by atoms with Gasteiger partial charge in [0.15, 0.2) is 0 Å². The summed E-state index contributed by atoms with van der Waals surface area (Å²) in [5.74, 6) is 0.0181. The third kappa shape index (κ3) is 6.14. The highest BCUT2D eigenvalue weighted by Gasteiger charge is 2.52. The van der Waals surface area contributed by atoms with Crippen LogP contribution in [-0.4, -0.2) is 51.6 Å². The maximum Gasteiger partial charge on any atom is 0.335 e. The predicted octanol–water partition coefficient (Wildman–Crippen LogP) is 3.52. The highest BCUT2D eigenvalue weighted by molar-refractivity contribution is 5.87. The summed E-state index contributed by atoms with van der Waals surface area (Å²) in [5.41, 5.74) is 0.879. The van der Waals surface area contributed by atoms with E-state index in [1.165, 1.54) is 24.3 Å². The summed E-state index contributed by atoms with van der Waals surface area (Å²) < 4.78 is 28.0. The van der Waals surface area contributed by atoms with Crippen molar-refractivity contribution < 1.29 is 28.6 Å². The van der Waals surface area contributed by atoms with Crippen molar-refractivity contribution >= 4 is 11.9 Å². The number of amides is 1. The van der Waals surface area contributed by atoms with E-state index in [2.05, 4.69) is 11.8 Å². The van der Waals surface area contributed by atoms with Gasteiger partial charge < -0.3 is 15.1 Å². The molecule has 162 valence electrons. The van der Waals surface area contributed by atoms with Gasteiger partial charge in [-0.05, 0) is 30.0 Å². The number of aromatic carboxylic acids is 1. The lowest BCUT2D eigenvalue weighted by molar-refractivity contribution is -0.148. The summed E-state index contributed by atoms with van der Waals surface area (Å²) in [6, 6.07) is 5.28. The molecule has 3 atom stereocenters. The van der Waals surface area contributed by atoms with E-state index >= 15 is 0 Å². The Balaban J connectivity index is 2.04. The van der Waals surface area contributed by atoms with Crippen molar-refractivity contribution in [1.82, 2.24) is 4.90 Å². The van der Waals surface area contributed by atoms with Crippen LogP contribution in [0.25, 0.3) is 0 Å². The van der Waals surface area contributed by atoms with Crippen molar-refractivity contribution in [3.05, 3.63) is 47.5 Å². The van der Waals surface area contributed by atoms with Crippen LogP contribution in [0, 0.1) is 17.8 Å². The van der Waals surface area contributed by atoms with Gasteiger partial charge >= 0.3 is 11.9 Å². The third-order valence-electron chi connectivity index (χ3n) is 5.12. The highest BCUT2D eigenvalue weighted by Crippen LogP contribution is 2.34. The van der Waals surface area contributed by atoms with Crippen LogP contribution in [0.1, 0.15) is 49.0 Å². The molecule has 30 heavy (non-hydrogen) atoms. The Morgan fingerprint density at radius 1 is 1.33 bits per heavy atom. The molecule has 0 aromatic heterocycles. The number of carbonyl (C=O) groups excluding carboxylic acids is 1. The molecule has 1 aromatic rings. The minimum Gasteiger partial charge on any atom is -0.478 e. The molecule has 0 aliphatic carbocycles. The van der Waals surface area contributed by atoms with E-state index in [-0.39, 0.29) is 18.0 Å². The van der Waals surface area contributed by atoms with E-state index in [1.807, 2.05) is 13.8 Å². The minimum atomic E-state index is -3.44. The molecule has 0 bridgehead atoms. The van der Waals surface area contributed by atoms with Crippen molar-refractivity contribution in [3.63, 3.8) is 0 Å². The van der Waals surface area contributed by atoms with Crippen molar-refractivity contribution in [3.8, 4) is 11.8 Å². The van der Waals surface area contributed by atoms with Gasteiger partial charge in [0.25, 0.3) is 5.91 Å². The van der Waals surface area contributed by atoms with Crippen molar-refractivity contribution in [2.75, 3.05) is 6.54 Å². The average molecular weight is 419 g/mol. The zero-order chi connectivity index (χ0) is 22.3. The smallest absolute Gasteiger partial charge is 0.335 e. The molecule has 0 spiro atoms. The number of hydrogen-bond acceptors (Lipinski definition) is 3. The molecular weight excluding hydrogens is 392 g/mol. The molecule has 1 amide bonds. The van der Waals surface area contributed by atoms with E-state index < -0.39 is 36.4 Å². The fourth-order valence-electron chi connectivity index (χ4n) is 3.23. The number of nitrogens with zero attached hydrogens (tertiary/aromatic N) is 1. The number of benzene rings is 1. The second kappa shape index (κ2) is 10.4. The number of likely N-dealkylation sites (tertiary alicyclic amines) is 1. The molecule has 7 heteroatoms. The van der Waals surface area contributed by atoms with Crippen LogP contribution in [0.5, 0.6) is 0 Å². The third-order valence-corrected chi connectivity index (χ3v) is 5.12. The Bertz CT molecular complexity index is 839. The fourth-order valence-corrected chi connectivity index (χ4v) is 3.23. The van der Waals surface area contributed by atoms with Crippen molar-refractivity contribution in [2.24, 2.45) is 5.92 Å². The highest BCUT2D eigenvalue weighted by atomic mass is 19.3. The molecule has 1 aromatic carbocycles. The first-order chi connectivity index (χ1) is 14.2. The van der Waals surface area contributed by atoms with Gasteiger partial charge in [-0.2, -0.15) is 8.78 Å². The molecule has 1 aliphatic heterocycles. The Kier molecular flexibility index (Phi) is 8.13. The summed E-state index contributed by atoms with van der Waals surface area (Å²) in [5, 5.41) is 19.2. The van der Waals surface area contributed by atoms with Crippen LogP contribution in [0.4, 0.5) is 8.78 Å². The second-order valence-electron chi connectivity index (χ2n) is 7.49. The molecule has 1 heterocycles. The summed E-state index contributed by atoms with van der Waals surface area (Å²) in [7, 11) is 0. The van der Waals surface area contributed by atoms with Crippen LogP contribution in [0.15, 0.2) is 36.4 Å². The fraction of sp³-hybridized carbons (Fsp3) is 0.478. The number of halogens is 2. The van der Waals surface area contributed by atoms with Gasteiger partial charge in [-0.25, -0.2) is 4.79 Å². The maximum absolute atomic E-state index is 14.0. The lowest BCUT2D eigenvalue weighted by Gasteiger charge is -2.22. The normalized spacial score (nSPS) is 20.1. The SMILES string of the molecule is CCC#CC[C@H](C)[C@H](O)C=C[C@H]1CC(F)(F)C(=O)N1CCc1ccc(C(=O)O)cc1. The Morgan fingerprint density at radius 3 is 2.60 bits per heavy atom. The van der Waals surface area contributed by atoms with Crippen LogP contribution >= 0.6 is 0 Å². The summed E-state index contributed by atoms with van der Waals surface area (Å²) in [4.78, 5) is 24.2. The first kappa shape index (κ1) is 23.6. The van der Waals surface area contributed by atoms with Gasteiger partial charge in [0.1, 0.15) is 0 Å². The number of aliphatic hydroxyl groups is 1. The quantitative estimate of drug-likeness (QED) is 0.499. The standard InChI is InChI=1S/C23H27F2NO4/c1-3-4-5-6-16(2)20(27)12-11-19-15-23(24,25)22(30)26(19)14-13-17-7-9-18(10-8-17)21(28)29/h7-12,16,19-20,27H,3,6,13-15H2,1-2H3,(H,28,29)/t16-,19-,20+/m0/s1. The molecule has 5 nitrogen and oxygen atoms in total. The van der Waals surface area contributed by atoms with Gasteiger partial charge in [0, 0.05) is 25.8 Å². The number of hydrogen-bond donors (Lipinski definition) is 2. The lowest BCUT2D eigenvalue weighted by Crippen LogP contribution is -2.37. The Morgan fingerprint density at radius 2 is 2.00 bits per heavy atom. The molecule has 0 unspecified atom stereocenters. The molecule has 1 fully saturated rings. The van der Waals surface area contributed by atoms with E-state index in [0.717, 1.165) is 16.9 Å². The summed E-state index contributed by atoms with van der Waals surface area (Å²) in [6.45, 7) is 3.83. The van der Waals surface area contributed by atoms with E-state index in [9.17, 15) is 23.5 Å². The predicted molar refractivity (Wildman–Crippen MR) is 109 cm³/mol. The molecule has 2 N–H and O–H groups in total. The maximum atomic E-state index is 14.0. The first-order valence-electron chi connectivity index (χ1n) is 9.99. The summed E-state index contributed by atoms with van der Waals surface area (Å²) in [6.07, 6.45) is 3.01. The first-order valence-corrected chi connectivity index (χ1v) is 9.99. The van der Waals surface area contributed by atoms with Gasteiger partial charge in [0.2, 0.25) is 0 Å². The van der Waals surface area contributed by atoms with Gasteiger partial charge in [-0.3, -0.25) is 4.79 Å². The molecule has 2 rings (SSSR count). The number of rotatable bonds is 8. The van der Waals surface area contributed by atoms with E-state index in [0.29, 0.717) is 12.8 Å². The monoisotopic (exact) mass is 419 g/mol. The molecule has 0 saturated carbocycles. The Hall–Kier alpha value is -2.72. The second-order valence-corrected chi connectivity index (χ2v) is 7.49. The number of aliphatic hydroxyl groups excluding tert-OH is 1. The number of carbonyl (C=O) groups is 2. The molecule has 1 saturated heterocycles. The van der Waals surface area contributed by atoms with Crippen LogP contribution in [-0.2, 0) is 11.2 Å². The number of alkyl halides is 2. The van der Waals surface area contributed by atoms with Crippen LogP contribution in [0.2, 0.25) is 0 Å². The van der Waals surface area contributed by atoms with Crippen LogP contribution < -0.4 is 0 Å². The largest absolute Gasteiger partial charge is 0.478 e. The number of carboxylic acid groups (broad SMARTS) is 1. The van der Waals surface area contributed by atoms with Gasteiger partial charge in [-0.1, -0.05) is 38.1 Å². The molecule has 1 aliphatic rings. The van der Waals surface area contributed by atoms with Crippen molar-refractivity contribution in [1.29, 1.82) is 0 Å². The summed E-state index contributed by atoms with van der Waals surface area (Å²) >= 11 is 0. The minimum absolute atomic E-state index is 0.0729. The number of carboxylic acids is 1. The average Bonchev–Trinajstić information content (AvgIpc) is 2.93. The van der Waals surface area contributed by atoms with Crippen molar-refractivity contribution in [2.45, 2.75) is 57.6 Å². The molecule has 0 radical (unpaired) electrons. The molecular formula is C23H27F2NO4. The van der Waals surface area contributed by atoms with E-state index in [1.54, 1.807) is 12.1 Å². The van der Waals surface area contributed by atoms with E-state index in [4.69, 9.17) is 5.11 Å². The van der Waals surface area contributed by atoms with Gasteiger partial charge in [-0.15, -0.1) is 11.8 Å². The van der Waals surface area contributed by atoms with Gasteiger partial charge in [0.05, 0.1) is 17.7 Å². The lowest BCUT2D eigenvalue weighted by atomic mass is 9.99.